The van der Waals surface area contributed by atoms with Gasteiger partial charge in [0.25, 0.3) is 0 Å². The number of amides is 1. The number of ether oxygens (including phenoxy) is 3. The third-order valence-corrected chi connectivity index (χ3v) is 14.1. The van der Waals surface area contributed by atoms with Crippen LogP contribution in [0, 0.1) is 0 Å². The summed E-state index contributed by atoms with van der Waals surface area (Å²) in [5, 5.41) is 56.9. The maximum atomic E-state index is 13.4. The molecular formula is C66H113NO10. The van der Waals surface area contributed by atoms with Gasteiger partial charge in [0.2, 0.25) is 5.91 Å². The fraction of sp³-hybridized carbons (Fsp3) is 0.727. The van der Waals surface area contributed by atoms with Crippen molar-refractivity contribution in [1.82, 2.24) is 5.32 Å². The average molecular weight is 1080 g/mol. The summed E-state index contributed by atoms with van der Waals surface area (Å²) in [6.45, 7) is 5.58. The van der Waals surface area contributed by atoms with Crippen molar-refractivity contribution >= 4 is 11.9 Å². The quantitative estimate of drug-likeness (QED) is 0.0149. The standard InChI is InChI=1S/C66H113NO10/c1-4-7-10-13-16-19-22-24-25-26-27-28-29-30-31-32-33-34-36-38-41-44-47-50-53-59(70)65(74)67-57(58(69)52-49-46-43-40-37-21-18-15-12-9-6-3)56-75-66-64(63(73)62(72)60(55-68)76-66)77-61(71)54-51-48-45-42-39-35-23-20-17-14-11-8-5-2/h8,11,14,16-17,19-20,23-25,27-28,35,39,49,52,57-60,62-64,66,68-70,72-73H,4-7,9-10,12-13,15,18,21-22,26,29-34,36-38,40-48,50-51,53-56H2,1-3H3,(H,67,74)/b11-8+,17-14+,19-16-,23-20-,25-24-,28-27-,39-35-,52-49+. The molecule has 0 aliphatic carbocycles. The molecule has 1 rings (SSSR count). The lowest BCUT2D eigenvalue weighted by Crippen LogP contribution is -2.61. The van der Waals surface area contributed by atoms with Crippen LogP contribution in [0.3, 0.4) is 0 Å². The van der Waals surface area contributed by atoms with Crippen LogP contribution in [-0.4, -0.2) is 99.6 Å². The zero-order chi connectivity index (χ0) is 56.1. The van der Waals surface area contributed by atoms with E-state index in [1.807, 2.05) is 42.5 Å². The minimum absolute atomic E-state index is 0.0734. The SMILES string of the molecule is CC/C=C/C=C/C=C\C=C/CCCCCC(=O)OC1C(OCC(NC(=O)C(O)CCCCCCCCCCCCC/C=C\C/C=C\C/C=C\CCCCC)C(O)/C=C/CCCCCCCCCCC)OC(CO)C(O)C1O. The molecule has 1 saturated heterocycles. The Hall–Kier alpha value is -3.42. The molecule has 0 aromatic carbocycles. The maximum Gasteiger partial charge on any atom is 0.306 e. The third-order valence-electron chi connectivity index (χ3n) is 14.1. The minimum atomic E-state index is -1.63. The topological polar surface area (TPSA) is 175 Å². The van der Waals surface area contributed by atoms with E-state index in [-0.39, 0.29) is 19.4 Å². The van der Waals surface area contributed by atoms with Crippen molar-refractivity contribution in [3.8, 4) is 0 Å². The lowest BCUT2D eigenvalue weighted by atomic mass is 9.99. The van der Waals surface area contributed by atoms with Gasteiger partial charge in [0.05, 0.1) is 25.4 Å². The van der Waals surface area contributed by atoms with E-state index in [0.717, 1.165) is 89.9 Å². The van der Waals surface area contributed by atoms with Crippen LogP contribution in [-0.2, 0) is 23.8 Å². The van der Waals surface area contributed by atoms with E-state index in [0.29, 0.717) is 12.8 Å². The van der Waals surface area contributed by atoms with Gasteiger partial charge in [-0.2, -0.15) is 0 Å². The number of aliphatic hydroxyl groups is 5. The second-order valence-electron chi connectivity index (χ2n) is 21.1. The summed E-state index contributed by atoms with van der Waals surface area (Å²) in [5.74, 6) is -1.24. The monoisotopic (exact) mass is 1080 g/mol. The normalized spacial score (nSPS) is 19.7. The molecule has 8 unspecified atom stereocenters. The molecule has 0 aromatic heterocycles. The van der Waals surface area contributed by atoms with Crippen molar-refractivity contribution in [2.24, 2.45) is 0 Å². The van der Waals surface area contributed by atoms with E-state index in [9.17, 15) is 35.1 Å². The minimum Gasteiger partial charge on any atom is -0.454 e. The van der Waals surface area contributed by atoms with Crippen LogP contribution >= 0.6 is 0 Å². The Bertz CT molecular complexity index is 1620. The molecule has 1 amide bonds. The number of unbranched alkanes of at least 4 members (excludes halogenated alkanes) is 26. The first-order valence-corrected chi connectivity index (χ1v) is 31.1. The summed E-state index contributed by atoms with van der Waals surface area (Å²) in [6.07, 6.45) is 60.3. The number of hydrogen-bond acceptors (Lipinski definition) is 10. The van der Waals surface area contributed by atoms with Gasteiger partial charge in [0.1, 0.15) is 24.4 Å². The Balaban J connectivity index is 2.63. The fourth-order valence-corrected chi connectivity index (χ4v) is 9.14. The number of rotatable bonds is 51. The first kappa shape index (κ1) is 71.6. The number of allylic oxidation sites excluding steroid dienone is 15. The van der Waals surface area contributed by atoms with Gasteiger partial charge >= 0.3 is 5.97 Å². The number of esters is 1. The van der Waals surface area contributed by atoms with Gasteiger partial charge in [-0.3, -0.25) is 9.59 Å². The van der Waals surface area contributed by atoms with Gasteiger partial charge < -0.3 is 45.1 Å². The predicted molar refractivity (Wildman–Crippen MR) is 319 cm³/mol. The molecule has 1 heterocycles. The zero-order valence-electron chi connectivity index (χ0n) is 48.8. The molecule has 0 aromatic rings. The molecule has 0 spiro atoms. The molecule has 0 saturated carbocycles. The predicted octanol–water partition coefficient (Wildman–Crippen LogP) is 14.7. The second-order valence-corrected chi connectivity index (χ2v) is 21.1. The van der Waals surface area contributed by atoms with Crippen molar-refractivity contribution in [2.75, 3.05) is 13.2 Å². The van der Waals surface area contributed by atoms with Crippen LogP contribution in [0.5, 0.6) is 0 Å². The van der Waals surface area contributed by atoms with E-state index in [1.54, 1.807) is 6.08 Å². The fourth-order valence-electron chi connectivity index (χ4n) is 9.14. The van der Waals surface area contributed by atoms with Crippen molar-refractivity contribution < 1.29 is 49.3 Å². The van der Waals surface area contributed by atoms with Crippen LogP contribution in [0.15, 0.2) is 97.2 Å². The van der Waals surface area contributed by atoms with Crippen LogP contribution in [0.2, 0.25) is 0 Å². The highest BCUT2D eigenvalue weighted by Crippen LogP contribution is 2.26. The first-order chi connectivity index (χ1) is 37.7. The van der Waals surface area contributed by atoms with Gasteiger partial charge in [0.15, 0.2) is 12.4 Å². The van der Waals surface area contributed by atoms with E-state index in [1.165, 1.54) is 109 Å². The summed E-state index contributed by atoms with van der Waals surface area (Å²) in [6, 6.07) is -1.04. The number of hydrogen-bond donors (Lipinski definition) is 6. The molecule has 0 radical (unpaired) electrons. The highest BCUT2D eigenvalue weighted by molar-refractivity contribution is 5.80. The number of aliphatic hydroxyl groups excluding tert-OH is 5. The van der Waals surface area contributed by atoms with Gasteiger partial charge in [-0.25, -0.2) is 0 Å². The molecule has 0 bridgehead atoms. The zero-order valence-corrected chi connectivity index (χ0v) is 48.8. The van der Waals surface area contributed by atoms with Gasteiger partial charge in [-0.15, -0.1) is 0 Å². The molecule has 11 heteroatoms. The van der Waals surface area contributed by atoms with Crippen LogP contribution in [0.25, 0.3) is 0 Å². The van der Waals surface area contributed by atoms with Crippen molar-refractivity contribution in [3.05, 3.63) is 97.2 Å². The van der Waals surface area contributed by atoms with Crippen LogP contribution < -0.4 is 5.32 Å². The Morgan fingerprint density at radius 3 is 1.55 bits per heavy atom. The molecule has 6 N–H and O–H groups in total. The summed E-state index contributed by atoms with van der Waals surface area (Å²) >= 11 is 0. The molecular weight excluding hydrogens is 967 g/mol. The van der Waals surface area contributed by atoms with Crippen LogP contribution in [0.4, 0.5) is 0 Å². The van der Waals surface area contributed by atoms with E-state index < -0.39 is 67.4 Å². The lowest BCUT2D eigenvalue weighted by molar-refractivity contribution is -0.305. The second kappa shape index (κ2) is 53.2. The highest BCUT2D eigenvalue weighted by Gasteiger charge is 2.47. The molecule has 77 heavy (non-hydrogen) atoms. The lowest BCUT2D eigenvalue weighted by Gasteiger charge is -2.41. The van der Waals surface area contributed by atoms with Crippen molar-refractivity contribution in [2.45, 2.75) is 294 Å². The number of carbonyl (C=O) groups is 2. The Morgan fingerprint density at radius 1 is 0.532 bits per heavy atom. The maximum absolute atomic E-state index is 13.4. The molecule has 442 valence electrons. The van der Waals surface area contributed by atoms with Gasteiger partial charge in [0, 0.05) is 6.42 Å². The summed E-state index contributed by atoms with van der Waals surface area (Å²) in [4.78, 5) is 26.5. The molecule has 1 aliphatic heterocycles. The van der Waals surface area contributed by atoms with E-state index in [4.69, 9.17) is 14.2 Å². The Morgan fingerprint density at radius 2 is 0.987 bits per heavy atom. The molecule has 8 atom stereocenters. The molecule has 11 nitrogen and oxygen atoms in total. The summed E-state index contributed by atoms with van der Waals surface area (Å²) in [7, 11) is 0. The number of carbonyl (C=O) groups excluding carboxylic acids is 2. The average Bonchev–Trinajstić information content (AvgIpc) is 3.44. The Kier molecular flexibility index (Phi) is 49.5. The Labute approximate surface area is 469 Å². The van der Waals surface area contributed by atoms with E-state index >= 15 is 0 Å². The number of nitrogens with one attached hydrogen (secondary N) is 1. The third kappa shape index (κ3) is 41.3. The summed E-state index contributed by atoms with van der Waals surface area (Å²) < 4.78 is 17.5. The van der Waals surface area contributed by atoms with Crippen LogP contribution in [0.1, 0.15) is 245 Å². The van der Waals surface area contributed by atoms with Crippen molar-refractivity contribution in [3.63, 3.8) is 0 Å². The van der Waals surface area contributed by atoms with E-state index in [2.05, 4.69) is 74.7 Å². The summed E-state index contributed by atoms with van der Waals surface area (Å²) in [5.41, 5.74) is 0. The highest BCUT2D eigenvalue weighted by atomic mass is 16.7. The first-order valence-electron chi connectivity index (χ1n) is 31.1. The van der Waals surface area contributed by atoms with Crippen molar-refractivity contribution in [1.29, 1.82) is 0 Å². The molecule has 1 fully saturated rings. The smallest absolute Gasteiger partial charge is 0.306 e. The van der Waals surface area contributed by atoms with Gasteiger partial charge in [-0.05, 0) is 83.5 Å². The molecule has 1 aliphatic rings. The van der Waals surface area contributed by atoms with Gasteiger partial charge in [-0.1, -0.05) is 253 Å². The largest absolute Gasteiger partial charge is 0.454 e.